The summed E-state index contributed by atoms with van der Waals surface area (Å²) in [5, 5.41) is 4.03. The van der Waals surface area contributed by atoms with Gasteiger partial charge in [-0.15, -0.1) is 0 Å². The van der Waals surface area contributed by atoms with Gasteiger partial charge in [-0.3, -0.25) is 0 Å². The van der Waals surface area contributed by atoms with Gasteiger partial charge in [0.25, 0.3) is 0 Å². The number of aromatic nitrogens is 2. The molecule has 12 heavy (non-hydrogen) atoms. The Balaban J connectivity index is 2.36. The first-order chi connectivity index (χ1) is 5.64. The van der Waals surface area contributed by atoms with E-state index in [1.54, 1.807) is 10.9 Å². The van der Waals surface area contributed by atoms with Crippen LogP contribution in [0.4, 0.5) is 0 Å². The van der Waals surface area contributed by atoms with Crippen LogP contribution < -0.4 is 0 Å². The summed E-state index contributed by atoms with van der Waals surface area (Å²) in [7, 11) is 0. The number of ether oxygens (including phenoxy) is 1. The molecule has 0 spiro atoms. The van der Waals surface area contributed by atoms with Gasteiger partial charge < -0.3 is 4.74 Å². The summed E-state index contributed by atoms with van der Waals surface area (Å²) >= 11 is 0. The third kappa shape index (κ3) is 2.66. The van der Waals surface area contributed by atoms with Crippen molar-refractivity contribution in [2.75, 3.05) is 0 Å². The number of rotatable bonds is 4. The summed E-state index contributed by atoms with van der Waals surface area (Å²) in [4.78, 5) is 0. The molecule has 0 fully saturated rings. The van der Waals surface area contributed by atoms with Crippen LogP contribution in [0.3, 0.4) is 0 Å². The molecule has 0 N–H and O–H groups in total. The molecule has 0 aliphatic rings. The summed E-state index contributed by atoms with van der Waals surface area (Å²) in [6, 6.07) is 1.88. The molecule has 0 unspecified atom stereocenters. The maximum absolute atomic E-state index is 5.57. The molecule has 3 nitrogen and oxygen atoms in total. The Hall–Kier alpha value is -0.830. The zero-order chi connectivity index (χ0) is 9.03. The van der Waals surface area contributed by atoms with Gasteiger partial charge in [-0.2, -0.15) is 5.10 Å². The van der Waals surface area contributed by atoms with E-state index >= 15 is 0 Å². The molecule has 1 aromatic rings. The Labute approximate surface area is 73.3 Å². The van der Waals surface area contributed by atoms with E-state index in [0.29, 0.717) is 6.73 Å². The van der Waals surface area contributed by atoms with Crippen molar-refractivity contribution in [2.24, 2.45) is 0 Å². The summed E-state index contributed by atoms with van der Waals surface area (Å²) in [5.41, 5.74) is -0.175. The predicted molar refractivity (Wildman–Crippen MR) is 47.4 cm³/mol. The van der Waals surface area contributed by atoms with Gasteiger partial charge >= 0.3 is 0 Å². The molecular weight excluding hydrogens is 152 g/mol. The molecule has 0 saturated heterocycles. The molecule has 0 amide bonds. The minimum absolute atomic E-state index is 0.175. The van der Waals surface area contributed by atoms with E-state index in [2.05, 4.69) is 5.10 Å². The molecule has 0 bridgehead atoms. The molecule has 3 heteroatoms. The van der Waals surface area contributed by atoms with Crippen LogP contribution in [-0.2, 0) is 11.5 Å². The highest BCUT2D eigenvalue weighted by atomic mass is 16.5. The van der Waals surface area contributed by atoms with Crippen LogP contribution in [0.15, 0.2) is 18.5 Å². The first-order valence-corrected chi connectivity index (χ1v) is 4.06. The van der Waals surface area contributed by atoms with Gasteiger partial charge in [0.2, 0.25) is 0 Å². The fourth-order valence-corrected chi connectivity index (χ4v) is 0.693. The molecule has 1 heterocycles. The average Bonchev–Trinajstić information content (AvgIpc) is 2.53. The van der Waals surface area contributed by atoms with E-state index in [1.165, 1.54) is 0 Å². The van der Waals surface area contributed by atoms with Crippen molar-refractivity contribution in [3.63, 3.8) is 0 Å². The molecular formula is C9H15N2O. The third-order valence-corrected chi connectivity index (χ3v) is 1.82. The number of hydrogen-bond acceptors (Lipinski definition) is 2. The van der Waals surface area contributed by atoms with Gasteiger partial charge in [0.1, 0.15) is 6.73 Å². The smallest absolute Gasteiger partial charge is 0.140 e. The Morgan fingerprint density at radius 2 is 2.33 bits per heavy atom. The molecule has 0 aliphatic heterocycles. The fourth-order valence-electron chi connectivity index (χ4n) is 0.693. The van der Waals surface area contributed by atoms with E-state index in [4.69, 9.17) is 4.74 Å². The summed E-state index contributed by atoms with van der Waals surface area (Å²) < 4.78 is 7.32. The van der Waals surface area contributed by atoms with Crippen LogP contribution in [0, 0.1) is 6.42 Å². The average molecular weight is 167 g/mol. The van der Waals surface area contributed by atoms with E-state index in [0.717, 1.165) is 0 Å². The molecule has 0 aliphatic carbocycles. The first kappa shape index (κ1) is 9.26. The third-order valence-electron chi connectivity index (χ3n) is 1.82. The van der Waals surface area contributed by atoms with Gasteiger partial charge in [0.15, 0.2) is 0 Å². The van der Waals surface area contributed by atoms with Crippen LogP contribution in [0.1, 0.15) is 20.8 Å². The lowest BCUT2D eigenvalue weighted by Crippen LogP contribution is -2.25. The maximum atomic E-state index is 5.57. The van der Waals surface area contributed by atoms with Crippen LogP contribution in [0.25, 0.3) is 0 Å². The van der Waals surface area contributed by atoms with Crippen LogP contribution in [0.5, 0.6) is 0 Å². The Bertz CT molecular complexity index is 216. The molecule has 0 atom stereocenters. The highest BCUT2D eigenvalue weighted by Gasteiger charge is 2.15. The van der Waals surface area contributed by atoms with Crippen molar-refractivity contribution in [3.8, 4) is 0 Å². The van der Waals surface area contributed by atoms with Crippen molar-refractivity contribution in [3.05, 3.63) is 24.9 Å². The van der Waals surface area contributed by atoms with Gasteiger partial charge in [-0.1, -0.05) is 6.92 Å². The van der Waals surface area contributed by atoms with Crippen molar-refractivity contribution < 1.29 is 4.74 Å². The maximum Gasteiger partial charge on any atom is 0.140 e. The van der Waals surface area contributed by atoms with Crippen molar-refractivity contribution >= 4 is 0 Å². The van der Waals surface area contributed by atoms with Gasteiger partial charge in [-0.25, -0.2) is 4.68 Å². The Morgan fingerprint density at radius 3 is 2.83 bits per heavy atom. The Kier molecular flexibility index (Phi) is 2.87. The molecule has 0 aromatic carbocycles. The van der Waals surface area contributed by atoms with Gasteiger partial charge in [0.05, 0.1) is 5.60 Å². The lowest BCUT2D eigenvalue weighted by atomic mass is 10.1. The van der Waals surface area contributed by atoms with E-state index in [-0.39, 0.29) is 5.60 Å². The van der Waals surface area contributed by atoms with E-state index in [9.17, 15) is 0 Å². The van der Waals surface area contributed by atoms with Crippen LogP contribution in [-0.4, -0.2) is 15.4 Å². The van der Waals surface area contributed by atoms with Crippen molar-refractivity contribution in [1.82, 2.24) is 9.78 Å². The van der Waals surface area contributed by atoms with Gasteiger partial charge in [0, 0.05) is 12.4 Å². The lowest BCUT2D eigenvalue weighted by Gasteiger charge is -2.22. The molecule has 1 radical (unpaired) electrons. The van der Waals surface area contributed by atoms with Crippen LogP contribution in [0.2, 0.25) is 0 Å². The lowest BCUT2D eigenvalue weighted by molar-refractivity contribution is -0.0387. The second-order valence-corrected chi connectivity index (χ2v) is 3.21. The highest BCUT2D eigenvalue weighted by Crippen LogP contribution is 2.12. The fraction of sp³-hybridized carbons (Fsp3) is 0.556. The number of hydrogen-bond donors (Lipinski definition) is 0. The quantitative estimate of drug-likeness (QED) is 0.684. The SMILES string of the molecule is C[CH]C(C)(C)OCn1cccn1. The predicted octanol–water partition coefficient (Wildman–Crippen LogP) is 1.86. The number of nitrogens with zero attached hydrogens (tertiary/aromatic N) is 2. The monoisotopic (exact) mass is 167 g/mol. The summed E-state index contributed by atoms with van der Waals surface area (Å²) in [5.74, 6) is 0. The minimum atomic E-state index is -0.175. The minimum Gasteiger partial charge on any atom is -0.353 e. The zero-order valence-corrected chi connectivity index (χ0v) is 7.82. The van der Waals surface area contributed by atoms with Crippen LogP contribution >= 0.6 is 0 Å². The standard InChI is InChI=1S/C9H15N2O/c1-4-9(2,3)12-8-11-7-5-6-10-11/h4-7H,8H2,1-3H3. The molecule has 0 saturated carbocycles. The van der Waals surface area contributed by atoms with Crippen molar-refractivity contribution in [1.29, 1.82) is 0 Å². The van der Waals surface area contributed by atoms with E-state index in [1.807, 2.05) is 39.5 Å². The summed E-state index contributed by atoms with van der Waals surface area (Å²) in [6.45, 7) is 6.54. The first-order valence-electron chi connectivity index (χ1n) is 4.06. The van der Waals surface area contributed by atoms with Gasteiger partial charge in [-0.05, 0) is 26.3 Å². The van der Waals surface area contributed by atoms with E-state index < -0.39 is 0 Å². The zero-order valence-electron chi connectivity index (χ0n) is 7.82. The second-order valence-electron chi connectivity index (χ2n) is 3.21. The molecule has 67 valence electrons. The highest BCUT2D eigenvalue weighted by molar-refractivity contribution is 4.82. The normalized spacial score (nSPS) is 11.9. The molecule has 1 aromatic heterocycles. The molecule has 1 rings (SSSR count). The second kappa shape index (κ2) is 3.72. The topological polar surface area (TPSA) is 27.1 Å². The van der Waals surface area contributed by atoms with Crippen molar-refractivity contribution in [2.45, 2.75) is 33.1 Å². The summed E-state index contributed by atoms with van der Waals surface area (Å²) in [6.07, 6.45) is 5.65. The Morgan fingerprint density at radius 1 is 1.58 bits per heavy atom. The largest absolute Gasteiger partial charge is 0.353 e.